The first kappa shape index (κ1) is 31.5. The summed E-state index contributed by atoms with van der Waals surface area (Å²) in [5.74, 6) is 2.08. The van der Waals surface area contributed by atoms with E-state index in [-0.39, 0.29) is 31.9 Å². The van der Waals surface area contributed by atoms with E-state index in [4.69, 9.17) is 9.72 Å². The van der Waals surface area contributed by atoms with E-state index in [0.29, 0.717) is 11.5 Å². The Balaban J connectivity index is 0.00000372. The van der Waals surface area contributed by atoms with Gasteiger partial charge in [0.25, 0.3) is 0 Å². The second-order valence-electron chi connectivity index (χ2n) is 13.0. The van der Waals surface area contributed by atoms with Gasteiger partial charge in [-0.15, -0.1) is 34.7 Å². The van der Waals surface area contributed by atoms with Crippen LogP contribution in [0.15, 0.2) is 122 Å². The van der Waals surface area contributed by atoms with Crippen LogP contribution >= 0.6 is 0 Å². The molecule has 0 spiro atoms. The molecule has 5 heteroatoms. The van der Waals surface area contributed by atoms with Crippen LogP contribution in [0, 0.1) is 12.1 Å². The normalized spacial score (nSPS) is 11.8. The van der Waals surface area contributed by atoms with E-state index < -0.39 is 0 Å². The van der Waals surface area contributed by atoms with Crippen LogP contribution in [0.5, 0.6) is 11.5 Å². The number of hydrogen-bond donors (Lipinski definition) is 0. The van der Waals surface area contributed by atoms with Crippen molar-refractivity contribution in [2.24, 2.45) is 0 Å². The fourth-order valence-electron chi connectivity index (χ4n) is 5.94. The van der Waals surface area contributed by atoms with Crippen molar-refractivity contribution in [1.82, 2.24) is 14.5 Å². The third-order valence-electron chi connectivity index (χ3n) is 8.62. The number of nitrogens with zero attached hydrogens (tertiary/aromatic N) is 3. The van der Waals surface area contributed by atoms with Gasteiger partial charge in [0.15, 0.2) is 0 Å². The summed E-state index contributed by atoms with van der Waals surface area (Å²) in [7, 11) is 0. The average molecular weight is 781 g/mol. The molecule has 0 saturated carbocycles. The van der Waals surface area contributed by atoms with Crippen LogP contribution in [-0.4, -0.2) is 14.5 Å². The molecule has 230 valence electrons. The largest absolute Gasteiger partial charge is 2.00 e. The van der Waals surface area contributed by atoms with Crippen LogP contribution < -0.4 is 4.74 Å². The Morgan fingerprint density at radius 3 is 2.13 bits per heavy atom. The number of pyridine rings is 2. The summed E-state index contributed by atoms with van der Waals surface area (Å²) in [5, 5.41) is 2.24. The summed E-state index contributed by atoms with van der Waals surface area (Å²) in [4.78, 5) is 9.43. The van der Waals surface area contributed by atoms with Crippen molar-refractivity contribution < 1.29 is 25.8 Å². The molecule has 3 heterocycles. The Hall–Kier alpha value is -4.53. The first-order valence-corrected chi connectivity index (χ1v) is 15.3. The predicted molar refractivity (Wildman–Crippen MR) is 183 cm³/mol. The van der Waals surface area contributed by atoms with Crippen molar-refractivity contribution in [2.75, 3.05) is 0 Å². The fourth-order valence-corrected chi connectivity index (χ4v) is 5.94. The van der Waals surface area contributed by atoms with Crippen molar-refractivity contribution in [2.45, 2.75) is 45.4 Å². The van der Waals surface area contributed by atoms with Gasteiger partial charge in [0.2, 0.25) is 0 Å². The Morgan fingerprint density at radius 2 is 1.37 bits per heavy atom. The summed E-state index contributed by atoms with van der Waals surface area (Å²) in [6.45, 7) is 11.1. The number of benzene rings is 4. The molecule has 3 aromatic heterocycles. The zero-order chi connectivity index (χ0) is 31.2. The van der Waals surface area contributed by atoms with E-state index in [1.54, 1.807) is 0 Å². The van der Waals surface area contributed by atoms with Gasteiger partial charge in [-0.1, -0.05) is 113 Å². The third-order valence-corrected chi connectivity index (χ3v) is 8.62. The van der Waals surface area contributed by atoms with E-state index in [1.807, 2.05) is 42.7 Å². The number of fused-ring (bicyclic) bond motifs is 3. The van der Waals surface area contributed by atoms with E-state index in [2.05, 4.69) is 135 Å². The molecule has 0 atom stereocenters. The minimum absolute atomic E-state index is 0. The van der Waals surface area contributed by atoms with Crippen LogP contribution in [0.3, 0.4) is 0 Å². The quantitative estimate of drug-likeness (QED) is 0.158. The van der Waals surface area contributed by atoms with Crippen LogP contribution in [-0.2, 0) is 31.9 Å². The van der Waals surface area contributed by atoms with Crippen molar-refractivity contribution >= 4 is 21.8 Å². The van der Waals surface area contributed by atoms with Gasteiger partial charge >= 0.3 is 21.1 Å². The van der Waals surface area contributed by atoms with Crippen LogP contribution in [0.25, 0.3) is 38.9 Å². The Kier molecular flexibility index (Phi) is 8.44. The molecule has 0 radical (unpaired) electrons. The van der Waals surface area contributed by atoms with Gasteiger partial charge in [-0.2, -0.15) is 6.07 Å². The van der Waals surface area contributed by atoms with Gasteiger partial charge in [0.05, 0.1) is 0 Å². The maximum absolute atomic E-state index is 6.61. The smallest absolute Gasteiger partial charge is 0.503 e. The molecule has 4 aromatic carbocycles. The Morgan fingerprint density at radius 1 is 0.609 bits per heavy atom. The van der Waals surface area contributed by atoms with E-state index in [1.165, 1.54) is 11.1 Å². The molecule has 0 bridgehead atoms. The van der Waals surface area contributed by atoms with Crippen molar-refractivity contribution in [3.05, 3.63) is 150 Å². The van der Waals surface area contributed by atoms with Gasteiger partial charge in [-0.25, -0.2) is 4.98 Å². The molecule has 0 aliphatic rings. The zero-order valence-electron chi connectivity index (χ0n) is 26.6. The van der Waals surface area contributed by atoms with E-state index in [9.17, 15) is 0 Å². The van der Waals surface area contributed by atoms with Crippen molar-refractivity contribution in [3.8, 4) is 28.6 Å². The van der Waals surface area contributed by atoms with Gasteiger partial charge < -0.3 is 14.3 Å². The summed E-state index contributed by atoms with van der Waals surface area (Å²) in [5.41, 5.74) is 6.99. The molecule has 0 unspecified atom stereocenters. The Labute approximate surface area is 285 Å². The topological polar surface area (TPSA) is 39.9 Å². The number of hydrogen-bond acceptors (Lipinski definition) is 3. The maximum atomic E-state index is 6.61. The third kappa shape index (κ3) is 5.90. The number of para-hydroxylation sites is 1. The predicted octanol–water partition coefficient (Wildman–Crippen LogP) is 10.3. The summed E-state index contributed by atoms with van der Waals surface area (Å²) >= 11 is 0. The van der Waals surface area contributed by atoms with Crippen molar-refractivity contribution in [1.29, 1.82) is 0 Å². The maximum Gasteiger partial charge on any atom is 2.00 e. The molecular formula is C41H35N3OPt. The molecule has 0 aliphatic heterocycles. The average Bonchev–Trinajstić information content (AvgIpc) is 3.38. The number of ether oxygens (including phenoxy) is 1. The van der Waals surface area contributed by atoms with Crippen LogP contribution in [0.4, 0.5) is 0 Å². The van der Waals surface area contributed by atoms with Gasteiger partial charge in [-0.3, -0.25) is 0 Å². The van der Waals surface area contributed by atoms with Crippen LogP contribution in [0.1, 0.15) is 51.3 Å². The fraction of sp³-hybridized carbons (Fsp3) is 0.171. The minimum Gasteiger partial charge on any atom is -0.503 e. The summed E-state index contributed by atoms with van der Waals surface area (Å²) in [6.07, 6.45) is 3.70. The van der Waals surface area contributed by atoms with E-state index >= 15 is 0 Å². The van der Waals surface area contributed by atoms with E-state index in [0.717, 1.165) is 44.4 Å². The first-order chi connectivity index (χ1) is 21.7. The van der Waals surface area contributed by atoms with Crippen LogP contribution in [0.2, 0.25) is 0 Å². The SMILES string of the molecule is CC(C)(C)c1ccnc(-n2c3[c-]c(Oc4[c-]c(-c5ccccn5)cc(C(C)(C)c5ccccc5)c4)ccc3c3ccccc32)c1.[Pt+2]. The second kappa shape index (κ2) is 12.3. The van der Waals surface area contributed by atoms with Crippen molar-refractivity contribution in [3.63, 3.8) is 0 Å². The first-order valence-electron chi connectivity index (χ1n) is 15.3. The van der Waals surface area contributed by atoms with Gasteiger partial charge in [0.1, 0.15) is 5.82 Å². The monoisotopic (exact) mass is 780 g/mol. The molecular weight excluding hydrogens is 746 g/mol. The number of aromatic nitrogens is 3. The second-order valence-corrected chi connectivity index (χ2v) is 13.0. The summed E-state index contributed by atoms with van der Waals surface area (Å²) in [6, 6.07) is 44.6. The van der Waals surface area contributed by atoms with Gasteiger partial charge in [0, 0.05) is 29.4 Å². The van der Waals surface area contributed by atoms with Gasteiger partial charge in [-0.05, 0) is 57.3 Å². The minimum atomic E-state index is -0.276. The zero-order valence-corrected chi connectivity index (χ0v) is 28.9. The molecule has 4 nitrogen and oxygen atoms in total. The Bertz CT molecular complexity index is 2140. The summed E-state index contributed by atoms with van der Waals surface area (Å²) < 4.78 is 8.80. The molecule has 0 saturated heterocycles. The molecule has 0 amide bonds. The standard InChI is InChI=1S/C41H35N3O.Pt/c1-40(2,3)30-20-22-43-39(26-30)44-37-17-10-9-15-34(37)35-19-18-32(27-38(35)44)45-33-24-28(36-16-11-12-21-42-36)23-31(25-33)41(4,5)29-13-7-6-8-14-29;/h6-23,25-26H,1-5H3;/q-2;+2. The number of rotatable bonds is 6. The molecule has 7 aromatic rings. The molecule has 46 heavy (non-hydrogen) atoms. The molecule has 0 N–H and O–H groups in total. The molecule has 7 rings (SSSR count). The molecule has 0 fully saturated rings. The molecule has 0 aliphatic carbocycles.